The number of halogens is 2. The van der Waals surface area contributed by atoms with Gasteiger partial charge in [-0.05, 0) is 30.0 Å². The number of rotatable bonds is 6. The Hall–Kier alpha value is -0.620. The molecule has 6 heteroatoms. The first-order valence-electron chi connectivity index (χ1n) is 6.48. The van der Waals surface area contributed by atoms with Gasteiger partial charge in [-0.2, -0.15) is 0 Å². The number of benzene rings is 1. The van der Waals surface area contributed by atoms with Crippen LogP contribution in [0.4, 0.5) is 0 Å². The Bertz CT molecular complexity index is 457. The number of carbonyl (C=O) groups excluding carboxylic acids is 1. The summed E-state index contributed by atoms with van der Waals surface area (Å²) in [6, 6.07) is 6.31. The molecule has 0 saturated heterocycles. The van der Waals surface area contributed by atoms with Gasteiger partial charge in [-0.25, -0.2) is 0 Å². The first-order chi connectivity index (χ1) is 9.22. The van der Waals surface area contributed by atoms with Crippen LogP contribution in [-0.2, 0) is 16.0 Å². The van der Waals surface area contributed by atoms with Gasteiger partial charge in [-0.3, -0.25) is 4.79 Å². The summed E-state index contributed by atoms with van der Waals surface area (Å²) >= 11 is 3.56. The van der Waals surface area contributed by atoms with Crippen molar-refractivity contribution < 1.29 is 9.53 Å². The Morgan fingerprint density at radius 3 is 3.05 bits per heavy atom. The monoisotopic (exact) mass is 362 g/mol. The van der Waals surface area contributed by atoms with E-state index >= 15 is 0 Å². The molecule has 0 fully saturated rings. The Morgan fingerprint density at radius 2 is 2.30 bits per heavy atom. The number of fused-ring (bicyclic) bond motifs is 1. The smallest absolute Gasteiger partial charge is 0.234 e. The average Bonchev–Trinajstić information content (AvgIpc) is 2.80. The summed E-state index contributed by atoms with van der Waals surface area (Å²) in [5.74, 6) is 0.0360. The molecule has 0 saturated carbocycles. The Balaban J connectivity index is 0.00000200. The molecule has 0 heterocycles. The highest BCUT2D eigenvalue weighted by molar-refractivity contribution is 9.10. The molecule has 0 radical (unpaired) electrons. The van der Waals surface area contributed by atoms with E-state index in [0.29, 0.717) is 19.7 Å². The van der Waals surface area contributed by atoms with Gasteiger partial charge in [0.15, 0.2) is 0 Å². The van der Waals surface area contributed by atoms with E-state index in [-0.39, 0.29) is 24.4 Å². The van der Waals surface area contributed by atoms with Crippen LogP contribution in [0.1, 0.15) is 23.6 Å². The van der Waals surface area contributed by atoms with Gasteiger partial charge in [0.25, 0.3) is 0 Å². The summed E-state index contributed by atoms with van der Waals surface area (Å²) in [6.07, 6.45) is 1.99. The van der Waals surface area contributed by atoms with Crippen LogP contribution in [0.25, 0.3) is 0 Å². The van der Waals surface area contributed by atoms with E-state index in [1.807, 2.05) is 6.07 Å². The maximum absolute atomic E-state index is 11.8. The van der Waals surface area contributed by atoms with Crippen molar-refractivity contribution in [1.29, 1.82) is 0 Å². The minimum atomic E-state index is 0. The summed E-state index contributed by atoms with van der Waals surface area (Å²) in [4.78, 5) is 11.8. The number of hydrogen-bond acceptors (Lipinski definition) is 3. The van der Waals surface area contributed by atoms with Crippen molar-refractivity contribution in [2.45, 2.75) is 18.9 Å². The average molecular weight is 364 g/mol. The lowest BCUT2D eigenvalue weighted by Crippen LogP contribution is -2.36. The van der Waals surface area contributed by atoms with Crippen molar-refractivity contribution in [3.8, 4) is 0 Å². The minimum Gasteiger partial charge on any atom is -0.383 e. The zero-order valence-electron chi connectivity index (χ0n) is 11.4. The van der Waals surface area contributed by atoms with Gasteiger partial charge in [0, 0.05) is 18.1 Å². The molecule has 0 spiro atoms. The van der Waals surface area contributed by atoms with Crippen LogP contribution in [0.2, 0.25) is 0 Å². The molecule has 1 aliphatic rings. The van der Waals surface area contributed by atoms with Crippen molar-refractivity contribution in [2.75, 3.05) is 26.8 Å². The third kappa shape index (κ3) is 4.45. The van der Waals surface area contributed by atoms with Gasteiger partial charge in [0.05, 0.1) is 19.2 Å². The van der Waals surface area contributed by atoms with Gasteiger partial charge in [0.2, 0.25) is 5.91 Å². The molecule has 0 aliphatic heterocycles. The van der Waals surface area contributed by atoms with Crippen LogP contribution in [0.3, 0.4) is 0 Å². The van der Waals surface area contributed by atoms with E-state index in [4.69, 9.17) is 4.74 Å². The first-order valence-corrected chi connectivity index (χ1v) is 7.28. The van der Waals surface area contributed by atoms with Crippen LogP contribution in [-0.4, -0.2) is 32.7 Å². The lowest BCUT2D eigenvalue weighted by molar-refractivity contribution is -0.121. The van der Waals surface area contributed by atoms with Crippen molar-refractivity contribution in [3.05, 3.63) is 33.8 Å². The van der Waals surface area contributed by atoms with E-state index < -0.39 is 0 Å². The van der Waals surface area contributed by atoms with E-state index in [0.717, 1.165) is 17.3 Å². The second-order valence-corrected chi connectivity index (χ2v) is 5.49. The predicted molar refractivity (Wildman–Crippen MR) is 85.3 cm³/mol. The van der Waals surface area contributed by atoms with Gasteiger partial charge < -0.3 is 15.4 Å². The second-order valence-electron chi connectivity index (χ2n) is 4.64. The predicted octanol–water partition coefficient (Wildman–Crippen LogP) is 2.21. The fraction of sp³-hybridized carbons (Fsp3) is 0.500. The molecule has 20 heavy (non-hydrogen) atoms. The molecule has 1 amide bonds. The Kier molecular flexibility index (Phi) is 7.51. The number of methoxy groups -OCH3 is 1. The maximum Gasteiger partial charge on any atom is 0.234 e. The number of carbonyl (C=O) groups is 1. The molecule has 1 atom stereocenters. The Morgan fingerprint density at radius 1 is 1.50 bits per heavy atom. The van der Waals surface area contributed by atoms with Crippen molar-refractivity contribution in [3.63, 3.8) is 0 Å². The summed E-state index contributed by atoms with van der Waals surface area (Å²) < 4.78 is 6.06. The van der Waals surface area contributed by atoms with E-state index in [9.17, 15) is 4.79 Å². The van der Waals surface area contributed by atoms with Gasteiger partial charge in [-0.1, -0.05) is 28.1 Å². The Labute approximate surface area is 134 Å². The van der Waals surface area contributed by atoms with E-state index in [2.05, 4.69) is 38.7 Å². The summed E-state index contributed by atoms with van der Waals surface area (Å²) in [5, 5.41) is 6.13. The second kappa shape index (κ2) is 8.62. The third-order valence-corrected chi connectivity index (χ3v) is 4.06. The quantitative estimate of drug-likeness (QED) is 0.762. The minimum absolute atomic E-state index is 0. The third-order valence-electron chi connectivity index (χ3n) is 3.32. The lowest BCUT2D eigenvalue weighted by Gasteiger charge is -2.14. The normalized spacial score (nSPS) is 16.4. The van der Waals surface area contributed by atoms with Crippen LogP contribution in [0.15, 0.2) is 22.7 Å². The fourth-order valence-electron chi connectivity index (χ4n) is 2.38. The van der Waals surface area contributed by atoms with Crippen LogP contribution in [0, 0.1) is 0 Å². The molecule has 1 aromatic rings. The molecule has 2 rings (SSSR count). The van der Waals surface area contributed by atoms with Gasteiger partial charge in [0.1, 0.15) is 0 Å². The van der Waals surface area contributed by atoms with Crippen LogP contribution >= 0.6 is 28.3 Å². The van der Waals surface area contributed by atoms with E-state index in [1.165, 1.54) is 11.1 Å². The summed E-state index contributed by atoms with van der Waals surface area (Å²) in [7, 11) is 1.65. The van der Waals surface area contributed by atoms with Crippen LogP contribution < -0.4 is 10.6 Å². The van der Waals surface area contributed by atoms with Crippen molar-refractivity contribution in [1.82, 2.24) is 10.6 Å². The largest absolute Gasteiger partial charge is 0.383 e. The summed E-state index contributed by atoms with van der Waals surface area (Å²) in [6.45, 7) is 1.65. The van der Waals surface area contributed by atoms with E-state index in [1.54, 1.807) is 7.11 Å². The SMILES string of the molecule is COCCNCC(=O)NC1CCc2c(Br)cccc21.Cl. The zero-order valence-corrected chi connectivity index (χ0v) is 13.9. The highest BCUT2D eigenvalue weighted by atomic mass is 79.9. The molecule has 2 N–H and O–H groups in total. The molecular formula is C14H20BrClN2O2. The zero-order chi connectivity index (χ0) is 13.7. The van der Waals surface area contributed by atoms with Gasteiger partial charge >= 0.3 is 0 Å². The van der Waals surface area contributed by atoms with Crippen molar-refractivity contribution >= 4 is 34.2 Å². The first kappa shape index (κ1) is 17.4. The summed E-state index contributed by atoms with van der Waals surface area (Å²) in [5.41, 5.74) is 2.56. The molecule has 0 bridgehead atoms. The molecule has 1 unspecified atom stereocenters. The molecule has 0 aromatic heterocycles. The highest BCUT2D eigenvalue weighted by Crippen LogP contribution is 2.35. The molecule has 1 aromatic carbocycles. The molecular weight excluding hydrogens is 344 g/mol. The maximum atomic E-state index is 11.8. The van der Waals surface area contributed by atoms with Crippen molar-refractivity contribution in [2.24, 2.45) is 0 Å². The topological polar surface area (TPSA) is 50.4 Å². The van der Waals surface area contributed by atoms with Gasteiger partial charge in [-0.15, -0.1) is 12.4 Å². The number of ether oxygens (including phenoxy) is 1. The highest BCUT2D eigenvalue weighted by Gasteiger charge is 2.24. The fourth-order valence-corrected chi connectivity index (χ4v) is 2.96. The van der Waals surface area contributed by atoms with Crippen LogP contribution in [0.5, 0.6) is 0 Å². The lowest BCUT2D eigenvalue weighted by atomic mass is 10.1. The number of amides is 1. The molecule has 112 valence electrons. The molecule has 4 nitrogen and oxygen atoms in total. The number of nitrogens with one attached hydrogen (secondary N) is 2. The number of hydrogen-bond donors (Lipinski definition) is 2. The molecule has 1 aliphatic carbocycles. The standard InChI is InChI=1S/C14H19BrN2O2.ClH/c1-19-8-7-16-9-14(18)17-13-6-5-10-11(13)3-2-4-12(10)15;/h2-4,13,16H,5-9H2,1H3,(H,17,18);1H.